The summed E-state index contributed by atoms with van der Waals surface area (Å²) in [6, 6.07) is 0. The van der Waals surface area contributed by atoms with E-state index in [9.17, 15) is 5.11 Å². The van der Waals surface area contributed by atoms with Gasteiger partial charge in [-0.05, 0) is 0 Å². The van der Waals surface area contributed by atoms with Gasteiger partial charge in [0.1, 0.15) is 6.61 Å². The molecule has 0 aromatic carbocycles. The molecule has 31 valence electrons. The van der Waals surface area contributed by atoms with Gasteiger partial charge in [0.25, 0.3) is 0 Å². The highest BCUT2D eigenvalue weighted by Gasteiger charge is 1.49. The Bertz CT molecular complexity index is 20.9. The predicted molar refractivity (Wildman–Crippen MR) is 20.8 cm³/mol. The summed E-state index contributed by atoms with van der Waals surface area (Å²) in [5.74, 6) is 0. The van der Waals surface area contributed by atoms with E-state index in [4.69, 9.17) is 0 Å². The Balaban J connectivity index is 0. The van der Waals surface area contributed by atoms with Crippen LogP contribution >= 0.6 is 0 Å². The molecule has 0 rings (SSSR count). The molecular formula is C3H8NO. The first-order valence-corrected chi connectivity index (χ1v) is 1.11. The van der Waals surface area contributed by atoms with Gasteiger partial charge in [-0.15, -0.1) is 6.58 Å². The minimum atomic E-state index is -0.167. The summed E-state index contributed by atoms with van der Waals surface area (Å²) in [5.41, 5.74) is 0. The first kappa shape index (κ1) is 8.82. The molecule has 0 saturated heterocycles. The smallest absolute Gasteiger partial charge is 0.100 e. The second kappa shape index (κ2) is 9.40. The van der Waals surface area contributed by atoms with Crippen molar-refractivity contribution in [1.82, 2.24) is 6.15 Å². The molecule has 2 nitrogen and oxygen atoms in total. The lowest BCUT2D eigenvalue weighted by Crippen LogP contribution is -1.58. The van der Waals surface area contributed by atoms with E-state index >= 15 is 0 Å². The van der Waals surface area contributed by atoms with Gasteiger partial charge in [-0.3, -0.25) is 0 Å². The largest absolute Gasteiger partial charge is 0.344 e. The van der Waals surface area contributed by atoms with Crippen LogP contribution < -0.4 is 6.15 Å². The number of hydrogen-bond donors (Lipinski definition) is 1. The van der Waals surface area contributed by atoms with Crippen molar-refractivity contribution >= 4 is 0 Å². The topological polar surface area (TPSA) is 54.9 Å². The van der Waals surface area contributed by atoms with Crippen molar-refractivity contribution in [3.05, 3.63) is 12.7 Å². The van der Waals surface area contributed by atoms with Crippen molar-refractivity contribution in [2.45, 2.75) is 0 Å². The molecule has 5 heavy (non-hydrogen) atoms. The van der Waals surface area contributed by atoms with Crippen LogP contribution in [0.5, 0.6) is 0 Å². The zero-order chi connectivity index (χ0) is 3.41. The van der Waals surface area contributed by atoms with Gasteiger partial charge in [-0.2, -0.15) is 0 Å². The van der Waals surface area contributed by atoms with Crippen LogP contribution in [0.1, 0.15) is 0 Å². The van der Waals surface area contributed by atoms with Gasteiger partial charge in [0.05, 0.1) is 0 Å². The van der Waals surface area contributed by atoms with E-state index in [0.29, 0.717) is 0 Å². The van der Waals surface area contributed by atoms with E-state index in [0.717, 1.165) is 0 Å². The SMILES string of the molecule is C=CC[O].N. The van der Waals surface area contributed by atoms with Crippen molar-refractivity contribution < 1.29 is 5.11 Å². The third-order valence-electron chi connectivity index (χ3n) is 0.118. The van der Waals surface area contributed by atoms with Gasteiger partial charge >= 0.3 is 0 Å². The van der Waals surface area contributed by atoms with Crippen LogP contribution in [0.15, 0.2) is 12.7 Å². The molecule has 1 radical (unpaired) electrons. The van der Waals surface area contributed by atoms with E-state index in [1.54, 1.807) is 0 Å². The van der Waals surface area contributed by atoms with Crippen LogP contribution in [0.4, 0.5) is 0 Å². The normalized spacial score (nSPS) is 5.00. The zero-order valence-corrected chi connectivity index (χ0v) is 3.11. The van der Waals surface area contributed by atoms with Gasteiger partial charge in [0, 0.05) is 0 Å². The Morgan fingerprint density at radius 3 is 2.00 bits per heavy atom. The average Bonchev–Trinajstić information content (AvgIpc) is 1.37. The molecular weight excluding hydrogens is 66.0 g/mol. The Kier molecular flexibility index (Phi) is 16.6. The molecule has 0 unspecified atom stereocenters. The molecule has 2 heteroatoms. The number of hydrogen-bond acceptors (Lipinski definition) is 1. The molecule has 0 atom stereocenters. The van der Waals surface area contributed by atoms with Gasteiger partial charge in [0.15, 0.2) is 0 Å². The van der Waals surface area contributed by atoms with E-state index < -0.39 is 0 Å². The molecule has 0 amide bonds. The minimum absolute atomic E-state index is 0. The summed E-state index contributed by atoms with van der Waals surface area (Å²) < 4.78 is 0. The highest BCUT2D eigenvalue weighted by atomic mass is 16.2. The summed E-state index contributed by atoms with van der Waals surface area (Å²) in [5, 5.41) is 9.18. The molecule has 0 heterocycles. The Hall–Kier alpha value is -0.340. The molecule has 0 aliphatic heterocycles. The molecule has 0 saturated carbocycles. The van der Waals surface area contributed by atoms with Crippen LogP contribution in [0.2, 0.25) is 0 Å². The fourth-order valence-corrected chi connectivity index (χ4v) is 0. The molecule has 0 aliphatic rings. The van der Waals surface area contributed by atoms with Crippen LogP contribution in [0.3, 0.4) is 0 Å². The van der Waals surface area contributed by atoms with Crippen LogP contribution in [0, 0.1) is 0 Å². The van der Waals surface area contributed by atoms with Crippen molar-refractivity contribution in [1.29, 1.82) is 0 Å². The second-order valence-corrected chi connectivity index (χ2v) is 0.455. The zero-order valence-electron chi connectivity index (χ0n) is 3.11. The van der Waals surface area contributed by atoms with Crippen LogP contribution in [-0.4, -0.2) is 6.61 Å². The Morgan fingerprint density at radius 2 is 2.00 bits per heavy atom. The summed E-state index contributed by atoms with van der Waals surface area (Å²) in [4.78, 5) is 0. The standard InChI is InChI=1S/C3H5O.H3N/c1-2-3-4;/h2H,1,3H2;1H3. The fraction of sp³-hybridized carbons (Fsp3) is 0.333. The molecule has 0 fully saturated rings. The maximum Gasteiger partial charge on any atom is 0.100 e. The van der Waals surface area contributed by atoms with E-state index in [1.807, 2.05) is 0 Å². The highest BCUT2D eigenvalue weighted by molar-refractivity contribution is 4.60. The van der Waals surface area contributed by atoms with Crippen molar-refractivity contribution in [3.63, 3.8) is 0 Å². The summed E-state index contributed by atoms with van der Waals surface area (Å²) in [7, 11) is 0. The Labute approximate surface area is 31.7 Å². The molecule has 0 bridgehead atoms. The van der Waals surface area contributed by atoms with Gasteiger partial charge in [-0.1, -0.05) is 6.08 Å². The number of rotatable bonds is 1. The van der Waals surface area contributed by atoms with Crippen molar-refractivity contribution in [2.24, 2.45) is 0 Å². The molecule has 3 N–H and O–H groups in total. The van der Waals surface area contributed by atoms with E-state index in [1.165, 1.54) is 6.08 Å². The van der Waals surface area contributed by atoms with E-state index in [2.05, 4.69) is 6.58 Å². The second-order valence-electron chi connectivity index (χ2n) is 0.455. The Morgan fingerprint density at radius 1 is 1.80 bits per heavy atom. The lowest BCUT2D eigenvalue weighted by atomic mass is 10.7. The average molecular weight is 74.1 g/mol. The molecule has 0 spiro atoms. The molecule has 0 aromatic rings. The minimum Gasteiger partial charge on any atom is -0.344 e. The summed E-state index contributed by atoms with van der Waals surface area (Å²) in [6.45, 7) is 3.00. The quantitative estimate of drug-likeness (QED) is 0.459. The van der Waals surface area contributed by atoms with Gasteiger partial charge in [-0.25, -0.2) is 5.11 Å². The summed E-state index contributed by atoms with van der Waals surface area (Å²) >= 11 is 0. The lowest BCUT2D eigenvalue weighted by molar-refractivity contribution is 0.232. The highest BCUT2D eigenvalue weighted by Crippen LogP contribution is 1.48. The van der Waals surface area contributed by atoms with Crippen molar-refractivity contribution in [2.75, 3.05) is 6.61 Å². The van der Waals surface area contributed by atoms with Crippen LogP contribution in [-0.2, 0) is 5.11 Å². The maximum atomic E-state index is 9.18. The molecule has 0 aliphatic carbocycles. The monoisotopic (exact) mass is 74.1 g/mol. The van der Waals surface area contributed by atoms with Crippen molar-refractivity contribution in [3.8, 4) is 0 Å². The van der Waals surface area contributed by atoms with Gasteiger partial charge < -0.3 is 6.15 Å². The van der Waals surface area contributed by atoms with E-state index in [-0.39, 0.29) is 12.8 Å². The maximum absolute atomic E-state index is 9.18. The van der Waals surface area contributed by atoms with Gasteiger partial charge in [0.2, 0.25) is 0 Å². The third kappa shape index (κ3) is 23.2. The lowest BCUT2D eigenvalue weighted by Gasteiger charge is -1.54. The third-order valence-corrected chi connectivity index (χ3v) is 0.118. The van der Waals surface area contributed by atoms with Crippen LogP contribution in [0.25, 0.3) is 0 Å². The first-order chi connectivity index (χ1) is 1.91. The summed E-state index contributed by atoms with van der Waals surface area (Å²) in [6.07, 6.45) is 1.32. The fourth-order valence-electron chi connectivity index (χ4n) is 0. The first-order valence-electron chi connectivity index (χ1n) is 1.11. The molecule has 0 aromatic heterocycles. The predicted octanol–water partition coefficient (Wildman–Crippen LogP) is 0.765.